The van der Waals surface area contributed by atoms with Crippen molar-refractivity contribution in [2.45, 2.75) is 38.1 Å². The molecule has 1 fully saturated rings. The fourth-order valence-corrected chi connectivity index (χ4v) is 2.31. The van der Waals surface area contributed by atoms with Gasteiger partial charge in [0.15, 0.2) is 0 Å². The average Bonchev–Trinajstić information content (AvgIpc) is 2.76. The van der Waals surface area contributed by atoms with Gasteiger partial charge in [0.05, 0.1) is 11.2 Å². The second kappa shape index (κ2) is 5.51. The highest BCUT2D eigenvalue weighted by Gasteiger charge is 2.31. The molecule has 2 rings (SSSR count). The summed E-state index contributed by atoms with van der Waals surface area (Å²) in [5.41, 5.74) is -0.145. The molecule has 0 aliphatic carbocycles. The molecule has 1 N–H and O–H groups in total. The third-order valence-electron chi connectivity index (χ3n) is 3.38. The third-order valence-corrected chi connectivity index (χ3v) is 3.38. The van der Waals surface area contributed by atoms with Crippen LogP contribution in [-0.4, -0.2) is 18.8 Å². The molecule has 1 unspecified atom stereocenters. The molecule has 1 heterocycles. The number of hydrogen-bond donors (Lipinski definition) is 1. The lowest BCUT2D eigenvalue weighted by Gasteiger charge is -2.23. The van der Waals surface area contributed by atoms with Gasteiger partial charge in [0.25, 0.3) is 0 Å². The highest BCUT2D eigenvalue weighted by atomic mass is 19.4. The molecule has 19 heavy (non-hydrogen) atoms. The first-order chi connectivity index (χ1) is 8.89. The van der Waals surface area contributed by atoms with Crippen LogP contribution in [0, 0.1) is 0 Å². The average molecular weight is 273 g/mol. The van der Waals surface area contributed by atoms with Gasteiger partial charge in [0.2, 0.25) is 0 Å². The second-order valence-electron chi connectivity index (χ2n) is 5.20. The first kappa shape index (κ1) is 14.3. The molecule has 0 spiro atoms. The summed E-state index contributed by atoms with van der Waals surface area (Å²) in [6.45, 7) is 3.87. The molecule has 0 radical (unpaired) electrons. The fraction of sp³-hybridized carbons (Fsp3) is 0.571. The SMILES string of the molecule is CC1(CNCc2cccc(C(F)(F)F)c2)CCCO1. The monoisotopic (exact) mass is 273 g/mol. The topological polar surface area (TPSA) is 21.3 Å². The summed E-state index contributed by atoms with van der Waals surface area (Å²) < 4.78 is 43.3. The summed E-state index contributed by atoms with van der Waals surface area (Å²) >= 11 is 0. The molecule has 106 valence electrons. The molecule has 2 nitrogen and oxygen atoms in total. The van der Waals surface area contributed by atoms with Gasteiger partial charge in [-0.2, -0.15) is 13.2 Å². The zero-order chi connectivity index (χ0) is 13.9. The minimum absolute atomic E-state index is 0.179. The lowest BCUT2D eigenvalue weighted by atomic mass is 10.0. The Bertz CT molecular complexity index is 425. The summed E-state index contributed by atoms with van der Waals surface area (Å²) in [5.74, 6) is 0. The smallest absolute Gasteiger partial charge is 0.374 e. The summed E-state index contributed by atoms with van der Waals surface area (Å²) in [6, 6.07) is 5.41. The van der Waals surface area contributed by atoms with Crippen LogP contribution in [0.5, 0.6) is 0 Å². The van der Waals surface area contributed by atoms with Gasteiger partial charge < -0.3 is 10.1 Å². The van der Waals surface area contributed by atoms with E-state index in [1.54, 1.807) is 6.07 Å². The lowest BCUT2D eigenvalue weighted by molar-refractivity contribution is -0.137. The van der Waals surface area contributed by atoms with Crippen LogP contribution in [0.4, 0.5) is 13.2 Å². The van der Waals surface area contributed by atoms with E-state index >= 15 is 0 Å². The molecule has 0 bridgehead atoms. The Morgan fingerprint density at radius 2 is 2.16 bits per heavy atom. The van der Waals surface area contributed by atoms with Crippen LogP contribution >= 0.6 is 0 Å². The largest absolute Gasteiger partial charge is 0.416 e. The summed E-state index contributed by atoms with van der Waals surface area (Å²) in [5, 5.41) is 3.17. The van der Waals surface area contributed by atoms with Crippen molar-refractivity contribution in [2.75, 3.05) is 13.2 Å². The van der Waals surface area contributed by atoms with E-state index in [1.807, 2.05) is 6.92 Å². The zero-order valence-electron chi connectivity index (χ0n) is 10.9. The van der Waals surface area contributed by atoms with Gasteiger partial charge in [0.1, 0.15) is 0 Å². The van der Waals surface area contributed by atoms with E-state index in [-0.39, 0.29) is 5.60 Å². The Labute approximate surface area is 111 Å². The van der Waals surface area contributed by atoms with Crippen molar-refractivity contribution in [2.24, 2.45) is 0 Å². The predicted molar refractivity (Wildman–Crippen MR) is 66.7 cm³/mol. The van der Waals surface area contributed by atoms with Crippen molar-refractivity contribution >= 4 is 0 Å². The number of hydrogen-bond acceptors (Lipinski definition) is 2. The number of nitrogens with one attached hydrogen (secondary N) is 1. The normalized spacial score (nSPS) is 23.8. The fourth-order valence-electron chi connectivity index (χ4n) is 2.31. The van der Waals surface area contributed by atoms with Gasteiger partial charge >= 0.3 is 6.18 Å². The minimum atomic E-state index is -4.28. The third kappa shape index (κ3) is 3.94. The highest BCUT2D eigenvalue weighted by Crippen LogP contribution is 2.29. The molecule has 0 saturated carbocycles. The predicted octanol–water partition coefficient (Wildman–Crippen LogP) is 3.36. The van der Waals surface area contributed by atoms with E-state index in [4.69, 9.17) is 4.74 Å². The molecule has 1 aliphatic heterocycles. The maximum Gasteiger partial charge on any atom is 0.416 e. The highest BCUT2D eigenvalue weighted by molar-refractivity contribution is 5.25. The van der Waals surface area contributed by atoms with Gasteiger partial charge in [-0.05, 0) is 31.4 Å². The van der Waals surface area contributed by atoms with Gasteiger partial charge in [-0.25, -0.2) is 0 Å². The van der Waals surface area contributed by atoms with Crippen molar-refractivity contribution in [3.63, 3.8) is 0 Å². The number of halogens is 3. The Morgan fingerprint density at radius 3 is 2.79 bits per heavy atom. The lowest BCUT2D eigenvalue weighted by Crippen LogP contribution is -2.36. The van der Waals surface area contributed by atoms with Gasteiger partial charge in [-0.15, -0.1) is 0 Å². The Hall–Kier alpha value is -1.07. The molecular formula is C14H18F3NO. The van der Waals surface area contributed by atoms with E-state index < -0.39 is 11.7 Å². The zero-order valence-corrected chi connectivity index (χ0v) is 10.9. The minimum Gasteiger partial charge on any atom is -0.374 e. The van der Waals surface area contributed by atoms with Crippen LogP contribution < -0.4 is 5.32 Å². The van der Waals surface area contributed by atoms with Crippen molar-refractivity contribution in [3.05, 3.63) is 35.4 Å². The van der Waals surface area contributed by atoms with Crippen LogP contribution in [0.2, 0.25) is 0 Å². The molecule has 1 aliphatic rings. The standard InChI is InChI=1S/C14H18F3NO/c1-13(6-3-7-19-13)10-18-9-11-4-2-5-12(8-11)14(15,16)17/h2,4-5,8,18H,3,6-7,9-10H2,1H3. The number of rotatable bonds is 4. The van der Waals surface area contributed by atoms with Crippen LogP contribution in [0.15, 0.2) is 24.3 Å². The van der Waals surface area contributed by atoms with E-state index in [0.717, 1.165) is 25.5 Å². The number of alkyl halides is 3. The van der Waals surface area contributed by atoms with Crippen molar-refractivity contribution in [3.8, 4) is 0 Å². The molecule has 1 aromatic carbocycles. The van der Waals surface area contributed by atoms with Crippen molar-refractivity contribution in [1.82, 2.24) is 5.32 Å². The Balaban J connectivity index is 1.89. The molecule has 1 atom stereocenters. The van der Waals surface area contributed by atoms with Gasteiger partial charge in [0, 0.05) is 19.7 Å². The van der Waals surface area contributed by atoms with Crippen molar-refractivity contribution in [1.29, 1.82) is 0 Å². The number of ether oxygens (including phenoxy) is 1. The quantitative estimate of drug-likeness (QED) is 0.908. The van der Waals surface area contributed by atoms with E-state index in [2.05, 4.69) is 5.32 Å². The first-order valence-electron chi connectivity index (χ1n) is 6.40. The van der Waals surface area contributed by atoms with Crippen molar-refractivity contribution < 1.29 is 17.9 Å². The number of benzene rings is 1. The molecule has 0 amide bonds. The Morgan fingerprint density at radius 1 is 1.37 bits per heavy atom. The van der Waals surface area contributed by atoms with Gasteiger partial charge in [-0.1, -0.05) is 18.2 Å². The second-order valence-corrected chi connectivity index (χ2v) is 5.20. The molecular weight excluding hydrogens is 255 g/mol. The first-order valence-corrected chi connectivity index (χ1v) is 6.40. The summed E-state index contributed by atoms with van der Waals surface area (Å²) in [7, 11) is 0. The molecule has 1 saturated heterocycles. The van der Waals surface area contributed by atoms with Crippen LogP contribution in [0.25, 0.3) is 0 Å². The van der Waals surface area contributed by atoms with Crippen LogP contribution in [-0.2, 0) is 17.5 Å². The summed E-state index contributed by atoms with van der Waals surface area (Å²) in [6.07, 6.45) is -2.25. The summed E-state index contributed by atoms with van der Waals surface area (Å²) in [4.78, 5) is 0. The van der Waals surface area contributed by atoms with Gasteiger partial charge in [-0.3, -0.25) is 0 Å². The maximum atomic E-state index is 12.6. The molecule has 0 aromatic heterocycles. The van der Waals surface area contributed by atoms with Crippen LogP contribution in [0.3, 0.4) is 0 Å². The van der Waals surface area contributed by atoms with E-state index in [1.165, 1.54) is 12.1 Å². The molecule has 1 aromatic rings. The van der Waals surface area contributed by atoms with Crippen LogP contribution in [0.1, 0.15) is 30.9 Å². The van der Waals surface area contributed by atoms with E-state index in [9.17, 15) is 13.2 Å². The Kier molecular flexibility index (Phi) is 4.16. The molecule has 5 heteroatoms. The van der Waals surface area contributed by atoms with E-state index in [0.29, 0.717) is 18.7 Å². The maximum absolute atomic E-state index is 12.6.